The summed E-state index contributed by atoms with van der Waals surface area (Å²) < 4.78 is 10.8. The van der Waals surface area contributed by atoms with Crippen LogP contribution in [0.1, 0.15) is 90.4 Å². The topological polar surface area (TPSA) is 79.2 Å². The molecule has 5 heteroatoms. The van der Waals surface area contributed by atoms with Crippen molar-refractivity contribution in [2.45, 2.75) is 115 Å². The minimum Gasteiger partial charge on any atom is -0.394 e. The van der Waals surface area contributed by atoms with E-state index >= 15 is 0 Å². The van der Waals surface area contributed by atoms with E-state index in [0.29, 0.717) is 6.61 Å². The van der Waals surface area contributed by atoms with Crippen molar-refractivity contribution in [1.29, 1.82) is 0 Å². The van der Waals surface area contributed by atoms with Crippen LogP contribution in [0.25, 0.3) is 0 Å². The van der Waals surface area contributed by atoms with Gasteiger partial charge in [-0.2, -0.15) is 0 Å². The third-order valence-corrected chi connectivity index (χ3v) is 5.47. The van der Waals surface area contributed by atoms with Crippen LogP contribution >= 0.6 is 0 Å². The first kappa shape index (κ1) is 25.6. The summed E-state index contributed by atoms with van der Waals surface area (Å²) in [7, 11) is 0. The van der Waals surface area contributed by atoms with E-state index in [1.54, 1.807) is 0 Å². The van der Waals surface area contributed by atoms with E-state index in [1.165, 1.54) is 70.6 Å². The summed E-state index contributed by atoms with van der Waals surface area (Å²) >= 11 is 0. The third-order valence-electron chi connectivity index (χ3n) is 5.47. The second-order valence-electron chi connectivity index (χ2n) is 8.03. The van der Waals surface area contributed by atoms with Gasteiger partial charge in [-0.25, -0.2) is 0 Å². The monoisotopic (exact) mass is 400 g/mol. The molecule has 0 amide bonds. The van der Waals surface area contributed by atoms with Gasteiger partial charge in [-0.05, 0) is 25.7 Å². The Kier molecular flexibility index (Phi) is 15.9. The number of aliphatic hydroxyl groups excluding tert-OH is 3. The van der Waals surface area contributed by atoms with Crippen LogP contribution in [0.15, 0.2) is 12.2 Å². The molecule has 3 N–H and O–H groups in total. The zero-order chi connectivity index (χ0) is 20.5. The Labute approximate surface area is 172 Å². The average molecular weight is 401 g/mol. The Balaban J connectivity index is 1.87. The lowest BCUT2D eigenvalue weighted by atomic mass is 10.0. The van der Waals surface area contributed by atoms with Gasteiger partial charge in [0.25, 0.3) is 0 Å². The van der Waals surface area contributed by atoms with E-state index < -0.39 is 24.4 Å². The zero-order valence-corrected chi connectivity index (χ0v) is 17.9. The lowest BCUT2D eigenvalue weighted by Gasteiger charge is -2.37. The van der Waals surface area contributed by atoms with Crippen LogP contribution in [-0.2, 0) is 9.47 Å². The Morgan fingerprint density at radius 2 is 1.43 bits per heavy atom. The largest absolute Gasteiger partial charge is 0.394 e. The van der Waals surface area contributed by atoms with Gasteiger partial charge in [-0.1, -0.05) is 76.9 Å². The molecule has 0 radical (unpaired) electrons. The van der Waals surface area contributed by atoms with Crippen LogP contribution in [0, 0.1) is 0 Å². The first-order valence-corrected chi connectivity index (χ1v) is 11.6. The van der Waals surface area contributed by atoms with Gasteiger partial charge < -0.3 is 24.8 Å². The second kappa shape index (κ2) is 17.4. The highest BCUT2D eigenvalue weighted by molar-refractivity contribution is 4.87. The zero-order valence-electron chi connectivity index (χ0n) is 17.9. The predicted octanol–water partition coefficient (Wildman–Crippen LogP) is 4.13. The lowest BCUT2D eigenvalue weighted by molar-refractivity contribution is -0.210. The molecule has 1 aliphatic rings. The van der Waals surface area contributed by atoms with E-state index in [4.69, 9.17) is 14.6 Å². The molecular weight excluding hydrogens is 356 g/mol. The van der Waals surface area contributed by atoms with Crippen molar-refractivity contribution in [3.8, 4) is 0 Å². The molecule has 28 heavy (non-hydrogen) atoms. The normalized spacial score (nSPS) is 25.6. The molecule has 0 spiro atoms. The number of hydrogen-bond acceptors (Lipinski definition) is 5. The molecule has 1 saturated heterocycles. The average Bonchev–Trinajstić information content (AvgIpc) is 2.70. The molecule has 0 bridgehead atoms. The molecule has 4 atom stereocenters. The van der Waals surface area contributed by atoms with Crippen LogP contribution in [0.4, 0.5) is 0 Å². The summed E-state index contributed by atoms with van der Waals surface area (Å²) in [5.74, 6) is 0. The maximum Gasteiger partial charge on any atom is 0.114 e. The van der Waals surface area contributed by atoms with Crippen LogP contribution in [0.5, 0.6) is 0 Å². The number of ether oxygens (including phenoxy) is 2. The Morgan fingerprint density at radius 1 is 0.857 bits per heavy atom. The molecule has 1 heterocycles. The highest BCUT2D eigenvalue weighted by Crippen LogP contribution is 2.19. The van der Waals surface area contributed by atoms with E-state index in [9.17, 15) is 10.2 Å². The number of hydrogen-bond donors (Lipinski definition) is 3. The molecule has 5 nitrogen and oxygen atoms in total. The molecule has 1 aliphatic heterocycles. The second-order valence-corrected chi connectivity index (χ2v) is 8.03. The van der Waals surface area contributed by atoms with Crippen molar-refractivity contribution in [1.82, 2.24) is 0 Å². The number of aliphatic hydroxyl groups is 3. The van der Waals surface area contributed by atoms with Crippen molar-refractivity contribution >= 4 is 0 Å². The smallest absolute Gasteiger partial charge is 0.114 e. The molecule has 0 aromatic carbocycles. The van der Waals surface area contributed by atoms with Crippen molar-refractivity contribution in [2.75, 3.05) is 19.8 Å². The maximum atomic E-state index is 10.1. The Bertz CT molecular complexity index is 374. The van der Waals surface area contributed by atoms with Gasteiger partial charge in [-0.3, -0.25) is 0 Å². The molecule has 0 aromatic rings. The van der Waals surface area contributed by atoms with Gasteiger partial charge in [0.1, 0.15) is 24.4 Å². The molecule has 0 saturated carbocycles. The van der Waals surface area contributed by atoms with Crippen LogP contribution in [0.3, 0.4) is 0 Å². The van der Waals surface area contributed by atoms with Crippen molar-refractivity contribution in [2.24, 2.45) is 0 Å². The Morgan fingerprint density at radius 3 is 2.04 bits per heavy atom. The van der Waals surface area contributed by atoms with Crippen molar-refractivity contribution < 1.29 is 24.8 Å². The fourth-order valence-electron chi connectivity index (χ4n) is 3.60. The molecule has 0 aromatic heterocycles. The fraction of sp³-hybridized carbons (Fsp3) is 0.913. The van der Waals surface area contributed by atoms with E-state index in [1.807, 2.05) is 0 Å². The molecular formula is C23H44O5. The van der Waals surface area contributed by atoms with Crippen LogP contribution < -0.4 is 0 Å². The maximum absolute atomic E-state index is 10.1. The Hall–Kier alpha value is -0.460. The van der Waals surface area contributed by atoms with Crippen LogP contribution in [-0.4, -0.2) is 59.6 Å². The van der Waals surface area contributed by atoms with E-state index in [2.05, 4.69) is 19.1 Å². The SMILES string of the molecule is CCCC/C=C/CCCCCCCCCCCO[C@@H]1[C@@H](O)[C@H](CO)OC[C@H]1O. The lowest BCUT2D eigenvalue weighted by Crippen LogP contribution is -2.55. The van der Waals surface area contributed by atoms with Gasteiger partial charge >= 0.3 is 0 Å². The van der Waals surface area contributed by atoms with E-state index in [0.717, 1.165) is 12.8 Å². The molecule has 1 fully saturated rings. The van der Waals surface area contributed by atoms with Crippen molar-refractivity contribution in [3.05, 3.63) is 12.2 Å². The fourth-order valence-corrected chi connectivity index (χ4v) is 3.60. The molecule has 0 aliphatic carbocycles. The first-order valence-electron chi connectivity index (χ1n) is 11.6. The highest BCUT2D eigenvalue weighted by Gasteiger charge is 2.38. The van der Waals surface area contributed by atoms with Crippen molar-refractivity contribution in [3.63, 3.8) is 0 Å². The standard InChI is InChI=1S/C23H44O5/c1-2-3-4-5-6-7-8-9-10-11-12-13-14-15-16-17-27-23-20(25)19-28-21(18-24)22(23)26/h5-6,20-26H,2-4,7-19H2,1H3/b6-5+/t20-,21+,22+,23+/m1/s1. The minimum absolute atomic E-state index is 0.0993. The molecule has 0 unspecified atom stereocenters. The third kappa shape index (κ3) is 11.5. The first-order chi connectivity index (χ1) is 13.7. The van der Waals surface area contributed by atoms with Crippen LogP contribution in [0.2, 0.25) is 0 Å². The van der Waals surface area contributed by atoms with Gasteiger partial charge in [0.15, 0.2) is 0 Å². The van der Waals surface area contributed by atoms with Gasteiger partial charge in [-0.15, -0.1) is 0 Å². The number of rotatable bonds is 17. The summed E-state index contributed by atoms with van der Waals surface area (Å²) in [6.07, 6.45) is 17.8. The summed E-state index contributed by atoms with van der Waals surface area (Å²) in [5, 5.41) is 29.1. The predicted molar refractivity (Wildman–Crippen MR) is 113 cm³/mol. The van der Waals surface area contributed by atoms with Gasteiger partial charge in [0.2, 0.25) is 0 Å². The van der Waals surface area contributed by atoms with Gasteiger partial charge in [0.05, 0.1) is 13.2 Å². The quantitative estimate of drug-likeness (QED) is 0.253. The number of allylic oxidation sites excluding steroid dienone is 2. The van der Waals surface area contributed by atoms with Gasteiger partial charge in [0, 0.05) is 6.61 Å². The summed E-state index contributed by atoms with van der Waals surface area (Å²) in [6.45, 7) is 2.60. The molecule has 166 valence electrons. The highest BCUT2D eigenvalue weighted by atomic mass is 16.6. The van der Waals surface area contributed by atoms with E-state index in [-0.39, 0.29) is 13.2 Å². The molecule has 1 rings (SSSR count). The summed E-state index contributed by atoms with van der Waals surface area (Å²) in [4.78, 5) is 0. The number of unbranched alkanes of at least 4 members (excludes halogenated alkanes) is 11. The summed E-state index contributed by atoms with van der Waals surface area (Å²) in [6, 6.07) is 0. The summed E-state index contributed by atoms with van der Waals surface area (Å²) in [5.41, 5.74) is 0. The minimum atomic E-state index is -0.972.